The molecule has 1 heterocycles. The monoisotopic (exact) mass is 378 g/mol. The Morgan fingerprint density at radius 3 is 2.35 bits per heavy atom. The number of piperazine rings is 1. The number of carbonyl (C=O) groups excluding carboxylic acids is 1. The first-order chi connectivity index (χ1) is 12.4. The molecule has 2 aromatic rings. The molecule has 136 valence electrons. The van der Waals surface area contributed by atoms with E-state index in [1.807, 2.05) is 4.90 Å². The lowest BCUT2D eigenvalue weighted by molar-refractivity contribution is -0.384. The van der Waals surface area contributed by atoms with Gasteiger partial charge >= 0.3 is 6.03 Å². The molecule has 2 aromatic carbocycles. The van der Waals surface area contributed by atoms with E-state index in [9.17, 15) is 19.3 Å². The number of urea groups is 1. The Balaban J connectivity index is 1.57. The van der Waals surface area contributed by atoms with Gasteiger partial charge in [-0.1, -0.05) is 11.6 Å². The van der Waals surface area contributed by atoms with Crippen LogP contribution in [-0.2, 0) is 0 Å². The van der Waals surface area contributed by atoms with Crippen molar-refractivity contribution in [3.05, 3.63) is 63.4 Å². The predicted molar refractivity (Wildman–Crippen MR) is 97.3 cm³/mol. The van der Waals surface area contributed by atoms with Gasteiger partial charge in [0.25, 0.3) is 5.69 Å². The van der Waals surface area contributed by atoms with Gasteiger partial charge in [0.15, 0.2) is 0 Å². The highest BCUT2D eigenvalue weighted by Crippen LogP contribution is 2.22. The van der Waals surface area contributed by atoms with E-state index in [0.29, 0.717) is 26.2 Å². The maximum atomic E-state index is 13.8. The van der Waals surface area contributed by atoms with E-state index < -0.39 is 10.7 Å². The number of hydrogen-bond acceptors (Lipinski definition) is 4. The molecule has 0 atom stereocenters. The molecule has 3 rings (SSSR count). The lowest BCUT2D eigenvalue weighted by Crippen LogP contribution is -2.50. The molecular formula is C17H16ClFN4O3. The standard InChI is InChI=1S/C17H16ClFN4O3/c18-12-1-6-16(15(19)11-12)20-17(24)22-9-7-21(8-10-22)13-2-4-14(5-3-13)23(25)26/h1-6,11H,7-10H2,(H,20,24). The van der Waals surface area contributed by atoms with Gasteiger partial charge in [-0.25, -0.2) is 9.18 Å². The molecule has 26 heavy (non-hydrogen) atoms. The smallest absolute Gasteiger partial charge is 0.322 e. The number of amides is 2. The van der Waals surface area contributed by atoms with Crippen LogP contribution in [0.25, 0.3) is 0 Å². The summed E-state index contributed by atoms with van der Waals surface area (Å²) in [5.41, 5.74) is 0.980. The number of nitro groups is 1. The molecule has 1 fully saturated rings. The summed E-state index contributed by atoms with van der Waals surface area (Å²) in [6, 6.07) is 9.98. The second-order valence-corrected chi connectivity index (χ2v) is 6.24. The molecule has 7 nitrogen and oxygen atoms in total. The van der Waals surface area contributed by atoms with Gasteiger partial charge in [0.2, 0.25) is 0 Å². The van der Waals surface area contributed by atoms with Crippen molar-refractivity contribution in [1.82, 2.24) is 4.90 Å². The summed E-state index contributed by atoms with van der Waals surface area (Å²) in [6.07, 6.45) is 0. The summed E-state index contributed by atoms with van der Waals surface area (Å²) in [4.78, 5) is 26.2. The summed E-state index contributed by atoms with van der Waals surface area (Å²) < 4.78 is 13.8. The molecule has 0 saturated carbocycles. The van der Waals surface area contributed by atoms with Gasteiger partial charge in [-0.3, -0.25) is 10.1 Å². The fourth-order valence-corrected chi connectivity index (χ4v) is 2.90. The second-order valence-electron chi connectivity index (χ2n) is 5.80. The summed E-state index contributed by atoms with van der Waals surface area (Å²) in [7, 11) is 0. The number of nitrogens with one attached hydrogen (secondary N) is 1. The molecule has 2 amide bonds. The maximum absolute atomic E-state index is 13.8. The zero-order valence-electron chi connectivity index (χ0n) is 13.7. The van der Waals surface area contributed by atoms with Gasteiger partial charge in [-0.05, 0) is 30.3 Å². The lowest BCUT2D eigenvalue weighted by atomic mass is 10.2. The van der Waals surface area contributed by atoms with Crippen LogP contribution in [0.4, 0.5) is 26.2 Å². The second kappa shape index (κ2) is 7.57. The minimum absolute atomic E-state index is 0.0387. The quantitative estimate of drug-likeness (QED) is 0.651. The highest BCUT2D eigenvalue weighted by Gasteiger charge is 2.22. The van der Waals surface area contributed by atoms with Crippen LogP contribution in [0.5, 0.6) is 0 Å². The van der Waals surface area contributed by atoms with Crippen molar-refractivity contribution in [3.8, 4) is 0 Å². The van der Waals surface area contributed by atoms with Gasteiger partial charge in [-0.15, -0.1) is 0 Å². The summed E-state index contributed by atoms with van der Waals surface area (Å²) in [5, 5.41) is 13.5. The topological polar surface area (TPSA) is 78.7 Å². The Bertz CT molecular complexity index is 823. The summed E-state index contributed by atoms with van der Waals surface area (Å²) >= 11 is 5.70. The van der Waals surface area contributed by atoms with E-state index in [1.54, 1.807) is 17.0 Å². The van der Waals surface area contributed by atoms with Crippen LogP contribution in [0.15, 0.2) is 42.5 Å². The molecule has 0 radical (unpaired) electrons. The normalized spacial score (nSPS) is 14.2. The third kappa shape index (κ3) is 4.02. The molecule has 0 aromatic heterocycles. The molecule has 0 aliphatic carbocycles. The van der Waals surface area contributed by atoms with E-state index in [2.05, 4.69) is 5.32 Å². The minimum atomic E-state index is -0.588. The highest BCUT2D eigenvalue weighted by atomic mass is 35.5. The zero-order chi connectivity index (χ0) is 18.7. The van der Waals surface area contributed by atoms with Crippen LogP contribution in [0, 0.1) is 15.9 Å². The molecule has 1 N–H and O–H groups in total. The Hall–Kier alpha value is -2.87. The first-order valence-electron chi connectivity index (χ1n) is 7.94. The van der Waals surface area contributed by atoms with Crippen LogP contribution < -0.4 is 10.2 Å². The Morgan fingerprint density at radius 2 is 1.77 bits per heavy atom. The molecule has 0 bridgehead atoms. The average Bonchev–Trinajstić information content (AvgIpc) is 2.64. The fraction of sp³-hybridized carbons (Fsp3) is 0.235. The first kappa shape index (κ1) is 17.9. The molecule has 1 saturated heterocycles. The number of halogens is 2. The van der Waals surface area contributed by atoms with Crippen LogP contribution >= 0.6 is 11.6 Å². The van der Waals surface area contributed by atoms with Gasteiger partial charge in [-0.2, -0.15) is 0 Å². The number of benzene rings is 2. The van der Waals surface area contributed by atoms with E-state index in [1.165, 1.54) is 24.3 Å². The maximum Gasteiger partial charge on any atom is 0.322 e. The number of non-ortho nitro benzene ring substituents is 1. The Morgan fingerprint density at radius 1 is 1.12 bits per heavy atom. The summed E-state index contributed by atoms with van der Waals surface area (Å²) in [5.74, 6) is -0.588. The third-order valence-corrected chi connectivity index (χ3v) is 4.40. The zero-order valence-corrected chi connectivity index (χ0v) is 14.4. The van der Waals surface area contributed by atoms with Gasteiger partial charge < -0.3 is 15.1 Å². The van der Waals surface area contributed by atoms with E-state index >= 15 is 0 Å². The van der Waals surface area contributed by atoms with E-state index in [0.717, 1.165) is 11.8 Å². The third-order valence-electron chi connectivity index (χ3n) is 4.17. The van der Waals surface area contributed by atoms with Crippen molar-refractivity contribution in [2.75, 3.05) is 36.4 Å². The molecule has 0 spiro atoms. The predicted octanol–water partition coefficient (Wildman–Crippen LogP) is 3.74. The van der Waals surface area contributed by atoms with Crippen LogP contribution in [0.3, 0.4) is 0 Å². The molecule has 9 heteroatoms. The highest BCUT2D eigenvalue weighted by molar-refractivity contribution is 6.30. The summed E-state index contributed by atoms with van der Waals surface area (Å²) in [6.45, 7) is 2.07. The van der Waals surface area contributed by atoms with Gasteiger partial charge in [0.1, 0.15) is 5.82 Å². The van der Waals surface area contributed by atoms with Gasteiger partial charge in [0.05, 0.1) is 10.6 Å². The van der Waals surface area contributed by atoms with Crippen LogP contribution in [-0.4, -0.2) is 42.0 Å². The van der Waals surface area contributed by atoms with Crippen molar-refractivity contribution in [2.45, 2.75) is 0 Å². The van der Waals surface area contributed by atoms with E-state index in [4.69, 9.17) is 11.6 Å². The Kier molecular flexibility index (Phi) is 5.22. The number of rotatable bonds is 3. The Labute approximate surface area is 154 Å². The number of hydrogen-bond donors (Lipinski definition) is 1. The van der Waals surface area contributed by atoms with Crippen molar-refractivity contribution >= 4 is 34.7 Å². The fourth-order valence-electron chi connectivity index (χ4n) is 2.74. The van der Waals surface area contributed by atoms with Crippen molar-refractivity contribution in [3.63, 3.8) is 0 Å². The SMILES string of the molecule is O=C(Nc1ccc(Cl)cc1F)N1CCN(c2ccc([N+](=O)[O-])cc2)CC1. The minimum Gasteiger partial charge on any atom is -0.368 e. The largest absolute Gasteiger partial charge is 0.368 e. The van der Waals surface area contributed by atoms with Crippen LogP contribution in [0.1, 0.15) is 0 Å². The number of nitro benzene ring substituents is 1. The lowest BCUT2D eigenvalue weighted by Gasteiger charge is -2.36. The number of anilines is 2. The van der Waals surface area contributed by atoms with Gasteiger partial charge in [0, 0.05) is 49.0 Å². The first-order valence-corrected chi connectivity index (χ1v) is 8.32. The van der Waals surface area contributed by atoms with Crippen LogP contribution in [0.2, 0.25) is 5.02 Å². The average molecular weight is 379 g/mol. The molecule has 1 aliphatic heterocycles. The van der Waals surface area contributed by atoms with Crippen molar-refractivity contribution in [2.24, 2.45) is 0 Å². The van der Waals surface area contributed by atoms with Crippen molar-refractivity contribution < 1.29 is 14.1 Å². The van der Waals surface area contributed by atoms with Crippen molar-refractivity contribution in [1.29, 1.82) is 0 Å². The number of nitrogens with zero attached hydrogens (tertiary/aromatic N) is 3. The molecule has 0 unspecified atom stereocenters. The molecule has 1 aliphatic rings. The van der Waals surface area contributed by atoms with E-state index in [-0.39, 0.29) is 22.4 Å². The molecular weight excluding hydrogens is 363 g/mol. The number of carbonyl (C=O) groups is 1.